The standard InChI is InChI=1S/C18H21F3N6.C16H15F3N6/c1-22-16-14(18(19,20)21)9-24-17-15(16)13(8-23-17)11-7-25-27(10-11)12-3-5-26(2)6-4-12;1-15(2,8-20)25-7-9(4-24-25)10-5-22-14-12(10)13(21-3)11(6-23-14)16(17,18)19/h7-10,12H,3-6H2,1-2H3,(H2,22,23,24);4-7H,1-3H3,(H2,21,22,23). The van der Waals surface area contributed by atoms with E-state index < -0.39 is 29.0 Å². The molecular formula is C34H36F6N12. The van der Waals surface area contributed by atoms with Gasteiger partial charge in [0.15, 0.2) is 0 Å². The second kappa shape index (κ2) is 13.5. The molecule has 18 heteroatoms. The number of anilines is 2. The number of hydrogen-bond donors (Lipinski definition) is 4. The minimum Gasteiger partial charge on any atom is -0.387 e. The van der Waals surface area contributed by atoms with Gasteiger partial charge in [0.25, 0.3) is 0 Å². The van der Waals surface area contributed by atoms with Gasteiger partial charge in [-0.15, -0.1) is 0 Å². The number of nitriles is 1. The van der Waals surface area contributed by atoms with Gasteiger partial charge in [-0.2, -0.15) is 41.8 Å². The highest BCUT2D eigenvalue weighted by Crippen LogP contribution is 2.43. The fourth-order valence-corrected chi connectivity index (χ4v) is 6.35. The molecule has 0 amide bonds. The number of hydrogen-bond acceptors (Lipinski definition) is 8. The first-order valence-electron chi connectivity index (χ1n) is 16.3. The van der Waals surface area contributed by atoms with E-state index in [1.54, 1.807) is 38.6 Å². The fraction of sp³-hybridized carbons (Fsp3) is 0.382. The van der Waals surface area contributed by atoms with Crippen molar-refractivity contribution < 1.29 is 26.3 Å². The summed E-state index contributed by atoms with van der Waals surface area (Å²) in [5.74, 6) is 0. The third kappa shape index (κ3) is 6.75. The van der Waals surface area contributed by atoms with Gasteiger partial charge in [0.2, 0.25) is 0 Å². The van der Waals surface area contributed by atoms with E-state index in [9.17, 15) is 31.6 Å². The van der Waals surface area contributed by atoms with Crippen molar-refractivity contribution in [2.24, 2.45) is 0 Å². The van der Waals surface area contributed by atoms with Crippen LogP contribution in [0.4, 0.5) is 37.7 Å². The Kier molecular flexibility index (Phi) is 9.42. The summed E-state index contributed by atoms with van der Waals surface area (Å²) in [6.07, 6.45) is 4.71. The molecule has 0 atom stereocenters. The van der Waals surface area contributed by atoms with E-state index in [2.05, 4.69) is 58.8 Å². The predicted octanol–water partition coefficient (Wildman–Crippen LogP) is 7.50. The van der Waals surface area contributed by atoms with E-state index >= 15 is 0 Å². The zero-order valence-corrected chi connectivity index (χ0v) is 28.9. The monoisotopic (exact) mass is 726 g/mol. The van der Waals surface area contributed by atoms with Crippen molar-refractivity contribution in [2.45, 2.75) is 50.6 Å². The van der Waals surface area contributed by atoms with Crippen LogP contribution in [0.1, 0.15) is 43.9 Å². The summed E-state index contributed by atoms with van der Waals surface area (Å²) in [7, 11) is 5.02. The van der Waals surface area contributed by atoms with Gasteiger partial charge in [-0.25, -0.2) is 9.97 Å². The maximum Gasteiger partial charge on any atom is 0.419 e. The van der Waals surface area contributed by atoms with Gasteiger partial charge in [0, 0.05) is 73.5 Å². The fourth-order valence-electron chi connectivity index (χ4n) is 6.35. The Bertz CT molecular complexity index is 2240. The van der Waals surface area contributed by atoms with Gasteiger partial charge in [-0.3, -0.25) is 9.36 Å². The van der Waals surface area contributed by atoms with Gasteiger partial charge in [-0.1, -0.05) is 0 Å². The number of piperidine rings is 1. The number of rotatable bonds is 6. The quantitative estimate of drug-likeness (QED) is 0.129. The summed E-state index contributed by atoms with van der Waals surface area (Å²) in [4.78, 5) is 16.0. The van der Waals surface area contributed by atoms with E-state index in [1.807, 2.05) is 10.9 Å². The summed E-state index contributed by atoms with van der Waals surface area (Å²) in [5, 5.41) is 23.9. The van der Waals surface area contributed by atoms with Crippen LogP contribution >= 0.6 is 0 Å². The molecule has 0 saturated carbocycles. The molecule has 1 aliphatic rings. The van der Waals surface area contributed by atoms with Crippen LogP contribution in [0, 0.1) is 11.3 Å². The molecule has 0 spiro atoms. The lowest BCUT2D eigenvalue weighted by Gasteiger charge is -2.28. The van der Waals surface area contributed by atoms with Crippen LogP contribution in [0.25, 0.3) is 44.3 Å². The molecule has 0 aromatic carbocycles. The Morgan fingerprint density at radius 3 is 1.71 bits per heavy atom. The van der Waals surface area contributed by atoms with Gasteiger partial charge in [0.05, 0.1) is 57.8 Å². The van der Waals surface area contributed by atoms with Crippen LogP contribution in [0.2, 0.25) is 0 Å². The van der Waals surface area contributed by atoms with Gasteiger partial charge in [-0.05, 0) is 46.8 Å². The Balaban J connectivity index is 0.000000179. The third-order valence-electron chi connectivity index (χ3n) is 9.23. The van der Waals surface area contributed by atoms with E-state index in [0.29, 0.717) is 44.8 Å². The lowest BCUT2D eigenvalue weighted by molar-refractivity contribution is -0.137. The molecule has 0 aliphatic carbocycles. The van der Waals surface area contributed by atoms with E-state index in [1.165, 1.54) is 25.0 Å². The maximum absolute atomic E-state index is 13.4. The SMILES string of the molecule is CNc1c(C(F)(F)F)cnc2[nH]cc(-c3cnn(C(C)(C)C#N)c3)c12.CNc1c(C(F)(F)F)cnc2[nH]cc(-c3cnn(C4CCN(C)CC4)c3)c12. The average Bonchev–Trinajstić information content (AvgIpc) is 3.92. The second-order valence-electron chi connectivity index (χ2n) is 13.0. The Hall–Kier alpha value is -5.57. The molecule has 12 nitrogen and oxygen atoms in total. The van der Waals surface area contributed by atoms with Gasteiger partial charge >= 0.3 is 12.4 Å². The molecule has 0 unspecified atom stereocenters. The zero-order chi connectivity index (χ0) is 37.6. The van der Waals surface area contributed by atoms with E-state index in [-0.39, 0.29) is 11.4 Å². The minimum absolute atomic E-state index is 0.0239. The largest absolute Gasteiger partial charge is 0.419 e. The first-order chi connectivity index (χ1) is 24.6. The molecule has 0 radical (unpaired) electrons. The number of likely N-dealkylation sites (tertiary alicyclic amines) is 1. The molecule has 274 valence electrons. The number of fused-ring (bicyclic) bond motifs is 2. The van der Waals surface area contributed by atoms with Crippen LogP contribution in [0.3, 0.4) is 0 Å². The van der Waals surface area contributed by atoms with Crippen molar-refractivity contribution >= 4 is 33.4 Å². The Labute approximate surface area is 293 Å². The summed E-state index contributed by atoms with van der Waals surface area (Å²) in [6.45, 7) is 5.41. The average molecular weight is 727 g/mol. The van der Waals surface area contributed by atoms with Crippen LogP contribution in [0.15, 0.2) is 49.6 Å². The molecule has 7 rings (SSSR count). The van der Waals surface area contributed by atoms with Crippen molar-refractivity contribution in [3.63, 3.8) is 0 Å². The van der Waals surface area contributed by atoms with Crippen molar-refractivity contribution in [1.29, 1.82) is 5.26 Å². The van der Waals surface area contributed by atoms with Crippen molar-refractivity contribution in [3.05, 3.63) is 60.7 Å². The topological polar surface area (TPSA) is 144 Å². The van der Waals surface area contributed by atoms with Crippen LogP contribution in [-0.4, -0.2) is 78.6 Å². The summed E-state index contributed by atoms with van der Waals surface area (Å²) in [6, 6.07) is 2.44. The summed E-state index contributed by atoms with van der Waals surface area (Å²) in [5.41, 5.74) is 0.779. The number of halogens is 6. The van der Waals surface area contributed by atoms with Crippen molar-refractivity contribution in [1.82, 2.24) is 44.4 Å². The lowest BCUT2D eigenvalue weighted by atomic mass is 10.0. The predicted molar refractivity (Wildman–Crippen MR) is 184 cm³/mol. The minimum atomic E-state index is -4.53. The molecule has 7 heterocycles. The number of nitrogens with zero attached hydrogens (tertiary/aromatic N) is 8. The maximum atomic E-state index is 13.4. The van der Waals surface area contributed by atoms with Crippen LogP contribution in [-0.2, 0) is 17.9 Å². The molecule has 52 heavy (non-hydrogen) atoms. The highest BCUT2D eigenvalue weighted by atomic mass is 19.4. The molecule has 6 aromatic heterocycles. The lowest BCUT2D eigenvalue weighted by Crippen LogP contribution is -2.31. The highest BCUT2D eigenvalue weighted by molar-refractivity contribution is 6.04. The third-order valence-corrected chi connectivity index (χ3v) is 9.23. The molecule has 4 N–H and O–H groups in total. The second-order valence-corrected chi connectivity index (χ2v) is 13.0. The summed E-state index contributed by atoms with van der Waals surface area (Å²) < 4.78 is 83.3. The first kappa shape index (κ1) is 36.2. The Morgan fingerprint density at radius 2 is 1.25 bits per heavy atom. The van der Waals surface area contributed by atoms with Gasteiger partial charge in [0.1, 0.15) is 16.8 Å². The number of aromatic amines is 2. The number of nitrogens with one attached hydrogen (secondary N) is 4. The number of H-pyrrole nitrogens is 2. The van der Waals surface area contributed by atoms with E-state index in [0.717, 1.165) is 43.9 Å². The van der Waals surface area contributed by atoms with Crippen molar-refractivity contribution in [3.8, 4) is 28.3 Å². The molecule has 6 aromatic rings. The molecular weight excluding hydrogens is 690 g/mol. The number of alkyl halides is 6. The van der Waals surface area contributed by atoms with Crippen LogP contribution < -0.4 is 10.6 Å². The molecule has 1 saturated heterocycles. The van der Waals surface area contributed by atoms with Crippen LogP contribution in [0.5, 0.6) is 0 Å². The normalized spacial score (nSPS) is 14.7. The van der Waals surface area contributed by atoms with Gasteiger partial charge < -0.3 is 25.5 Å². The molecule has 1 fully saturated rings. The molecule has 0 bridgehead atoms. The smallest absolute Gasteiger partial charge is 0.387 e. The first-order valence-corrected chi connectivity index (χ1v) is 16.3. The Morgan fingerprint density at radius 1 is 0.769 bits per heavy atom. The zero-order valence-electron chi connectivity index (χ0n) is 28.9. The van der Waals surface area contributed by atoms with E-state index in [4.69, 9.17) is 0 Å². The number of aromatic nitrogens is 8. The summed E-state index contributed by atoms with van der Waals surface area (Å²) >= 11 is 0. The van der Waals surface area contributed by atoms with Crippen molar-refractivity contribution in [2.75, 3.05) is 44.9 Å². The molecule has 1 aliphatic heterocycles. The number of pyridine rings is 2. The highest BCUT2D eigenvalue weighted by Gasteiger charge is 2.37.